The van der Waals surface area contributed by atoms with E-state index in [0.717, 1.165) is 42.0 Å². The Bertz CT molecular complexity index is 1060. The molecule has 2 saturated heterocycles. The first-order valence-electron chi connectivity index (χ1n) is 9.64. The second-order valence-electron chi connectivity index (χ2n) is 7.85. The molecule has 2 aliphatic rings. The second kappa shape index (κ2) is 6.44. The summed E-state index contributed by atoms with van der Waals surface area (Å²) >= 11 is 1.47. The van der Waals surface area contributed by atoms with E-state index < -0.39 is 0 Å². The molecule has 1 spiro atoms. The molecule has 4 heterocycles. The molecular weight excluding hydrogens is 372 g/mol. The minimum absolute atomic E-state index is 0.0128. The van der Waals surface area contributed by atoms with Gasteiger partial charge in [0.2, 0.25) is 5.91 Å². The summed E-state index contributed by atoms with van der Waals surface area (Å²) < 4.78 is 1.88. The first-order chi connectivity index (χ1) is 13.6. The summed E-state index contributed by atoms with van der Waals surface area (Å²) in [5, 5.41) is 1.87. The number of aromatic nitrogens is 2. The lowest BCUT2D eigenvalue weighted by Crippen LogP contribution is -2.48. The number of benzene rings is 1. The summed E-state index contributed by atoms with van der Waals surface area (Å²) in [6, 6.07) is 9.98. The average Bonchev–Trinajstić information content (AvgIpc) is 3.41. The zero-order chi connectivity index (χ0) is 19.3. The number of carbonyl (C=O) groups excluding carboxylic acids is 2. The van der Waals surface area contributed by atoms with Crippen LogP contribution in [0, 0.1) is 5.41 Å². The third-order valence-electron chi connectivity index (χ3n) is 6.09. The molecule has 0 N–H and O–H groups in total. The molecule has 6 nitrogen and oxygen atoms in total. The van der Waals surface area contributed by atoms with Crippen molar-refractivity contribution in [3.63, 3.8) is 0 Å². The van der Waals surface area contributed by atoms with Gasteiger partial charge in [-0.2, -0.15) is 0 Å². The molecule has 2 amide bonds. The zero-order valence-corrected chi connectivity index (χ0v) is 16.6. The maximum Gasteiger partial charge on any atom is 0.271 e. The number of nitrogens with zero attached hydrogens (tertiary/aromatic N) is 4. The van der Waals surface area contributed by atoms with Gasteiger partial charge in [-0.05, 0) is 19.3 Å². The van der Waals surface area contributed by atoms with Crippen molar-refractivity contribution < 1.29 is 9.59 Å². The molecule has 144 valence electrons. The van der Waals surface area contributed by atoms with Crippen molar-refractivity contribution in [1.29, 1.82) is 0 Å². The van der Waals surface area contributed by atoms with E-state index in [-0.39, 0.29) is 17.2 Å². The molecule has 3 aromatic rings. The molecular formula is C21H22N4O2S. The van der Waals surface area contributed by atoms with Gasteiger partial charge < -0.3 is 9.80 Å². The molecule has 0 unspecified atom stereocenters. The summed E-state index contributed by atoms with van der Waals surface area (Å²) in [7, 11) is 1.87. The summed E-state index contributed by atoms with van der Waals surface area (Å²) in [4.78, 5) is 35.1. The van der Waals surface area contributed by atoms with Crippen molar-refractivity contribution in [3.8, 4) is 11.3 Å². The Kier molecular flexibility index (Phi) is 4.01. The van der Waals surface area contributed by atoms with Crippen LogP contribution >= 0.6 is 11.3 Å². The second-order valence-corrected chi connectivity index (χ2v) is 8.69. The van der Waals surface area contributed by atoms with Crippen molar-refractivity contribution in [2.24, 2.45) is 5.41 Å². The molecule has 28 heavy (non-hydrogen) atoms. The Balaban J connectivity index is 1.42. The fourth-order valence-corrected chi connectivity index (χ4v) is 5.39. The number of rotatable bonds is 2. The Hall–Kier alpha value is -2.67. The molecule has 0 aliphatic carbocycles. The number of amides is 2. The Labute approximate surface area is 167 Å². The number of hydrogen-bond donors (Lipinski definition) is 0. The summed E-state index contributed by atoms with van der Waals surface area (Å²) in [5.41, 5.74) is 2.14. The Morgan fingerprint density at radius 1 is 1.18 bits per heavy atom. The lowest BCUT2D eigenvalue weighted by Gasteiger charge is -2.37. The summed E-state index contributed by atoms with van der Waals surface area (Å²) in [5.74, 6) is 0.180. The maximum atomic E-state index is 13.2. The van der Waals surface area contributed by atoms with Gasteiger partial charge in [-0.15, -0.1) is 11.3 Å². The number of carbonyl (C=O) groups is 2. The predicted octanol–water partition coefficient (Wildman–Crippen LogP) is 3.15. The molecule has 0 saturated carbocycles. The quantitative estimate of drug-likeness (QED) is 0.671. The van der Waals surface area contributed by atoms with Crippen molar-refractivity contribution in [2.75, 3.05) is 26.7 Å². The summed E-state index contributed by atoms with van der Waals surface area (Å²) in [6.07, 6.45) is 4.57. The highest BCUT2D eigenvalue weighted by atomic mass is 32.1. The van der Waals surface area contributed by atoms with E-state index in [1.807, 2.05) is 63.2 Å². The van der Waals surface area contributed by atoms with Gasteiger partial charge in [-0.1, -0.05) is 30.3 Å². The van der Waals surface area contributed by atoms with Crippen LogP contribution in [0.1, 0.15) is 29.8 Å². The lowest BCUT2D eigenvalue weighted by atomic mass is 9.78. The van der Waals surface area contributed by atoms with Crippen molar-refractivity contribution in [3.05, 3.63) is 47.6 Å². The van der Waals surface area contributed by atoms with Crippen LogP contribution in [0.5, 0.6) is 0 Å². The molecule has 0 radical (unpaired) electrons. The van der Waals surface area contributed by atoms with Crippen LogP contribution in [0.15, 0.2) is 41.9 Å². The maximum absolute atomic E-state index is 13.2. The molecule has 2 aliphatic heterocycles. The van der Waals surface area contributed by atoms with E-state index in [1.165, 1.54) is 11.3 Å². The number of thiazole rings is 1. The van der Waals surface area contributed by atoms with Crippen LogP contribution in [0.25, 0.3) is 16.2 Å². The zero-order valence-electron chi connectivity index (χ0n) is 15.8. The summed E-state index contributed by atoms with van der Waals surface area (Å²) in [6.45, 7) is 1.97. The SMILES string of the molecule is CN1CCC[C@]2(CCN(C(=O)c3csc4nc(-c5ccccc5)cn34)C2)C1=O. The number of hydrogen-bond acceptors (Lipinski definition) is 4. The molecule has 1 atom stereocenters. The van der Waals surface area contributed by atoms with E-state index >= 15 is 0 Å². The van der Waals surface area contributed by atoms with Gasteiger partial charge >= 0.3 is 0 Å². The highest BCUT2D eigenvalue weighted by Crippen LogP contribution is 2.40. The Morgan fingerprint density at radius 3 is 2.82 bits per heavy atom. The first-order valence-corrected chi connectivity index (χ1v) is 10.5. The van der Waals surface area contributed by atoms with E-state index in [2.05, 4.69) is 4.98 Å². The molecule has 2 aromatic heterocycles. The van der Waals surface area contributed by atoms with E-state index in [1.54, 1.807) is 0 Å². The van der Waals surface area contributed by atoms with E-state index in [0.29, 0.717) is 18.8 Å². The smallest absolute Gasteiger partial charge is 0.271 e. The standard InChI is InChI=1S/C21H22N4O2S/c1-23-10-5-8-21(19(23)27)9-11-24(14-21)18(26)17-13-28-20-22-16(12-25(17)20)15-6-3-2-4-7-15/h2-4,6-7,12-13H,5,8-11,14H2,1H3/t21-/m1/s1. The van der Waals surface area contributed by atoms with Crippen LogP contribution < -0.4 is 0 Å². The number of piperidine rings is 1. The highest BCUT2D eigenvalue weighted by Gasteiger charge is 2.48. The van der Waals surface area contributed by atoms with Crippen molar-refractivity contribution in [1.82, 2.24) is 19.2 Å². The number of fused-ring (bicyclic) bond motifs is 1. The molecule has 7 heteroatoms. The molecule has 1 aromatic carbocycles. The van der Waals surface area contributed by atoms with Crippen LogP contribution in [-0.2, 0) is 4.79 Å². The van der Waals surface area contributed by atoms with Crippen LogP contribution in [0.2, 0.25) is 0 Å². The third-order valence-corrected chi connectivity index (χ3v) is 6.93. The fraction of sp³-hybridized carbons (Fsp3) is 0.381. The topological polar surface area (TPSA) is 57.9 Å². The van der Waals surface area contributed by atoms with Gasteiger partial charge in [0, 0.05) is 43.8 Å². The monoisotopic (exact) mass is 394 g/mol. The minimum Gasteiger partial charge on any atom is -0.345 e. The van der Waals surface area contributed by atoms with Gasteiger partial charge in [-0.25, -0.2) is 4.98 Å². The van der Waals surface area contributed by atoms with Crippen molar-refractivity contribution in [2.45, 2.75) is 19.3 Å². The van der Waals surface area contributed by atoms with Crippen LogP contribution in [-0.4, -0.2) is 57.7 Å². The van der Waals surface area contributed by atoms with Crippen LogP contribution in [0.4, 0.5) is 0 Å². The van der Waals surface area contributed by atoms with Gasteiger partial charge in [0.1, 0.15) is 5.69 Å². The fourth-order valence-electron chi connectivity index (χ4n) is 4.54. The number of imidazole rings is 1. The van der Waals surface area contributed by atoms with Crippen LogP contribution in [0.3, 0.4) is 0 Å². The first kappa shape index (κ1) is 17.4. The average molecular weight is 395 g/mol. The lowest BCUT2D eigenvalue weighted by molar-refractivity contribution is -0.143. The molecule has 5 rings (SSSR count). The Morgan fingerprint density at radius 2 is 2.00 bits per heavy atom. The van der Waals surface area contributed by atoms with Gasteiger partial charge in [0.05, 0.1) is 11.1 Å². The van der Waals surface area contributed by atoms with Gasteiger partial charge in [0.15, 0.2) is 4.96 Å². The van der Waals surface area contributed by atoms with Crippen molar-refractivity contribution >= 4 is 28.1 Å². The van der Waals surface area contributed by atoms with Gasteiger partial charge in [-0.3, -0.25) is 14.0 Å². The predicted molar refractivity (Wildman–Crippen MR) is 108 cm³/mol. The third kappa shape index (κ3) is 2.64. The molecule has 0 bridgehead atoms. The molecule has 2 fully saturated rings. The largest absolute Gasteiger partial charge is 0.345 e. The normalized spacial score (nSPS) is 22.5. The number of likely N-dealkylation sites (tertiary alicyclic amines) is 2. The highest BCUT2D eigenvalue weighted by molar-refractivity contribution is 7.15. The minimum atomic E-state index is -0.387. The van der Waals surface area contributed by atoms with Gasteiger partial charge in [0.25, 0.3) is 5.91 Å². The van der Waals surface area contributed by atoms with E-state index in [9.17, 15) is 9.59 Å². The van der Waals surface area contributed by atoms with E-state index in [4.69, 9.17) is 0 Å².